The molecule has 0 aliphatic carbocycles. The Kier molecular flexibility index (Phi) is 7.27. The maximum atomic E-state index is 10.6. The second-order valence-electron chi connectivity index (χ2n) is 11.9. The predicted molar refractivity (Wildman–Crippen MR) is 199 cm³/mol. The van der Waals surface area contributed by atoms with Gasteiger partial charge in [0.1, 0.15) is 6.07 Å². The molecule has 48 heavy (non-hydrogen) atoms. The summed E-state index contributed by atoms with van der Waals surface area (Å²) >= 11 is 0. The minimum Gasteiger partial charge on any atom is -0.308 e. The van der Waals surface area contributed by atoms with Crippen molar-refractivity contribution in [3.8, 4) is 29.0 Å². The van der Waals surface area contributed by atoms with Crippen molar-refractivity contribution in [1.82, 2.24) is 4.57 Å². The average Bonchev–Trinajstić information content (AvgIpc) is 3.50. The van der Waals surface area contributed by atoms with Crippen molar-refractivity contribution >= 4 is 50.6 Å². The van der Waals surface area contributed by atoms with E-state index in [1.807, 2.05) is 42.5 Å². The van der Waals surface area contributed by atoms with Gasteiger partial charge in [0.15, 0.2) is 8.07 Å². The van der Waals surface area contributed by atoms with Crippen LogP contribution in [-0.2, 0) is 0 Å². The van der Waals surface area contributed by atoms with E-state index in [9.17, 15) is 10.5 Å². The van der Waals surface area contributed by atoms with Gasteiger partial charge in [0.05, 0.1) is 33.9 Å². The van der Waals surface area contributed by atoms with Gasteiger partial charge >= 0.3 is 0 Å². The number of fused-ring (bicyclic) bond motifs is 3. The third-order valence-electron chi connectivity index (χ3n) is 9.44. The van der Waals surface area contributed by atoms with Gasteiger partial charge in [-0.1, -0.05) is 146 Å². The molecule has 0 amide bonds. The monoisotopic (exact) mass is 627 g/mol. The first-order valence-electron chi connectivity index (χ1n) is 16.0. The lowest BCUT2D eigenvalue weighted by atomic mass is 9.98. The molecule has 4 heteroatoms. The minimum absolute atomic E-state index is 0.547. The lowest BCUT2D eigenvalue weighted by molar-refractivity contribution is 1.17. The van der Waals surface area contributed by atoms with Gasteiger partial charge in [-0.15, -0.1) is 0 Å². The van der Waals surface area contributed by atoms with Crippen LogP contribution in [0, 0.1) is 22.7 Å². The Hall–Kier alpha value is -6.46. The van der Waals surface area contributed by atoms with Crippen LogP contribution in [0.3, 0.4) is 0 Å². The zero-order chi connectivity index (χ0) is 32.5. The van der Waals surface area contributed by atoms with Crippen LogP contribution >= 0.6 is 0 Å². The molecule has 0 atom stereocenters. The number of para-hydroxylation sites is 2. The van der Waals surface area contributed by atoms with E-state index in [-0.39, 0.29) is 0 Å². The summed E-state index contributed by atoms with van der Waals surface area (Å²) in [5.74, 6) is 0. The number of rotatable bonds is 6. The van der Waals surface area contributed by atoms with Crippen LogP contribution in [-0.4, -0.2) is 12.6 Å². The normalized spacial score (nSPS) is 11.3. The van der Waals surface area contributed by atoms with E-state index in [2.05, 4.69) is 150 Å². The summed E-state index contributed by atoms with van der Waals surface area (Å²) in [4.78, 5) is 0. The second-order valence-corrected chi connectivity index (χ2v) is 15.7. The molecule has 0 aliphatic heterocycles. The molecule has 3 nitrogen and oxygen atoms in total. The number of hydrogen-bond acceptors (Lipinski definition) is 2. The molecule has 0 radical (unpaired) electrons. The van der Waals surface area contributed by atoms with Crippen LogP contribution < -0.4 is 20.7 Å². The molecule has 0 fully saturated rings. The fourth-order valence-corrected chi connectivity index (χ4v) is 12.1. The highest BCUT2D eigenvalue weighted by Crippen LogP contribution is 2.34. The molecule has 0 N–H and O–H groups in total. The summed E-state index contributed by atoms with van der Waals surface area (Å²) < 4.78 is 2.17. The van der Waals surface area contributed by atoms with Crippen molar-refractivity contribution in [2.45, 2.75) is 0 Å². The van der Waals surface area contributed by atoms with Gasteiger partial charge in [0, 0.05) is 10.8 Å². The van der Waals surface area contributed by atoms with E-state index >= 15 is 0 Å². The largest absolute Gasteiger partial charge is 0.308 e. The maximum Gasteiger partial charge on any atom is 0.179 e. The van der Waals surface area contributed by atoms with E-state index < -0.39 is 8.07 Å². The highest BCUT2D eigenvalue weighted by atomic mass is 28.3. The molecule has 0 aliphatic rings. The van der Waals surface area contributed by atoms with Gasteiger partial charge in [-0.25, -0.2) is 0 Å². The number of aromatic nitrogens is 1. The first-order valence-corrected chi connectivity index (χ1v) is 18.0. The average molecular weight is 628 g/mol. The third kappa shape index (κ3) is 4.55. The van der Waals surface area contributed by atoms with Gasteiger partial charge in [-0.05, 0) is 62.2 Å². The van der Waals surface area contributed by atoms with Crippen molar-refractivity contribution < 1.29 is 0 Å². The van der Waals surface area contributed by atoms with Crippen LogP contribution in [0.15, 0.2) is 176 Å². The van der Waals surface area contributed by atoms with Crippen molar-refractivity contribution in [2.75, 3.05) is 0 Å². The van der Waals surface area contributed by atoms with Crippen LogP contribution in [0.25, 0.3) is 38.6 Å². The maximum absolute atomic E-state index is 10.6. The molecule has 224 valence electrons. The van der Waals surface area contributed by atoms with Gasteiger partial charge in [0.2, 0.25) is 0 Å². The van der Waals surface area contributed by atoms with Crippen LogP contribution in [0.1, 0.15) is 11.1 Å². The Balaban J connectivity index is 1.38. The summed E-state index contributed by atoms with van der Waals surface area (Å²) in [6.07, 6.45) is 0. The topological polar surface area (TPSA) is 52.5 Å². The fraction of sp³-hybridized carbons (Fsp3) is 0. The van der Waals surface area contributed by atoms with Crippen molar-refractivity contribution in [1.29, 1.82) is 10.5 Å². The molecule has 0 bridgehead atoms. The Bertz CT molecular complexity index is 2370. The van der Waals surface area contributed by atoms with Crippen molar-refractivity contribution in [3.05, 3.63) is 187 Å². The van der Waals surface area contributed by atoms with E-state index in [4.69, 9.17) is 0 Å². The third-order valence-corrected chi connectivity index (χ3v) is 14.2. The SMILES string of the molecule is N#Cc1ccc([Si](c2ccccc2)(c2ccccc2)c2ccccc2)cc1-c1ccc(-n2c3ccccc3c3ccccc32)c(C#N)c1. The Morgan fingerprint density at radius 1 is 0.417 bits per heavy atom. The van der Waals surface area contributed by atoms with E-state index in [1.54, 1.807) is 0 Å². The summed E-state index contributed by atoms with van der Waals surface area (Å²) in [6, 6.07) is 66.1. The molecule has 1 heterocycles. The molecule has 8 rings (SSSR count). The zero-order valence-electron chi connectivity index (χ0n) is 26.1. The Morgan fingerprint density at radius 2 is 0.896 bits per heavy atom. The zero-order valence-corrected chi connectivity index (χ0v) is 27.1. The van der Waals surface area contributed by atoms with E-state index in [0.29, 0.717) is 11.1 Å². The van der Waals surface area contributed by atoms with Crippen molar-refractivity contribution in [2.24, 2.45) is 0 Å². The van der Waals surface area contributed by atoms with Crippen LogP contribution in [0.2, 0.25) is 0 Å². The summed E-state index contributed by atoms with van der Waals surface area (Å²) in [6.45, 7) is 0. The number of benzene rings is 7. The second kappa shape index (κ2) is 12.0. The van der Waals surface area contributed by atoms with E-state index in [0.717, 1.165) is 38.6 Å². The lowest BCUT2D eigenvalue weighted by Gasteiger charge is -2.34. The molecule has 0 saturated heterocycles. The first-order chi connectivity index (χ1) is 23.7. The highest BCUT2D eigenvalue weighted by molar-refractivity contribution is 7.19. The van der Waals surface area contributed by atoms with Gasteiger partial charge in [-0.2, -0.15) is 10.5 Å². The highest BCUT2D eigenvalue weighted by Gasteiger charge is 2.41. The van der Waals surface area contributed by atoms with Crippen LogP contribution in [0.5, 0.6) is 0 Å². The fourth-order valence-electron chi connectivity index (χ4n) is 7.35. The number of nitriles is 2. The first kappa shape index (κ1) is 29.0. The van der Waals surface area contributed by atoms with Gasteiger partial charge < -0.3 is 4.57 Å². The summed E-state index contributed by atoms with van der Waals surface area (Å²) in [5.41, 5.74) is 5.69. The molecule has 7 aromatic carbocycles. The summed E-state index contributed by atoms with van der Waals surface area (Å²) in [7, 11) is -2.82. The van der Waals surface area contributed by atoms with Gasteiger partial charge in [-0.3, -0.25) is 0 Å². The predicted octanol–water partition coefficient (Wildman–Crippen LogP) is 7.57. The molecule has 1 aromatic heterocycles. The number of hydrogen-bond donors (Lipinski definition) is 0. The Labute approximate surface area is 280 Å². The van der Waals surface area contributed by atoms with Crippen LogP contribution in [0.4, 0.5) is 0 Å². The molecule has 0 saturated carbocycles. The standard InChI is InChI=1S/C44H29N3Si/c45-30-33-24-26-38(48(35-14-4-1-5-15-35,36-16-6-2-7-17-36)37-18-8-3-9-19-37)29-41(33)32-25-27-42(34(28-32)31-46)47-43-22-12-10-20-39(43)40-21-11-13-23-44(40)47/h1-29H. The Morgan fingerprint density at radius 3 is 1.40 bits per heavy atom. The quantitative estimate of drug-likeness (QED) is 0.141. The smallest absolute Gasteiger partial charge is 0.179 e. The van der Waals surface area contributed by atoms with E-state index in [1.165, 1.54) is 20.7 Å². The van der Waals surface area contributed by atoms with Crippen molar-refractivity contribution in [3.63, 3.8) is 0 Å². The molecular formula is C44H29N3Si. The summed E-state index contributed by atoms with van der Waals surface area (Å²) in [5, 5.41) is 28.2. The molecule has 8 aromatic rings. The number of nitrogens with zero attached hydrogens (tertiary/aromatic N) is 3. The lowest BCUT2D eigenvalue weighted by Crippen LogP contribution is -2.74. The van der Waals surface area contributed by atoms with Gasteiger partial charge in [0.25, 0.3) is 0 Å². The molecular weight excluding hydrogens is 599 g/mol. The molecule has 0 unspecified atom stereocenters. The molecule has 0 spiro atoms. The minimum atomic E-state index is -2.82.